The van der Waals surface area contributed by atoms with Crippen molar-refractivity contribution >= 4 is 11.5 Å². The third-order valence-electron chi connectivity index (χ3n) is 5.67. The molecule has 0 radical (unpaired) electrons. The summed E-state index contributed by atoms with van der Waals surface area (Å²) >= 11 is 0. The molecule has 1 aliphatic heterocycles. The molecule has 0 saturated heterocycles. The highest BCUT2D eigenvalue weighted by atomic mass is 16.5. The summed E-state index contributed by atoms with van der Waals surface area (Å²) in [6.45, 7) is 0.417. The Morgan fingerprint density at radius 3 is 2.26 bits per heavy atom. The predicted octanol–water partition coefficient (Wildman–Crippen LogP) is 5.27. The summed E-state index contributed by atoms with van der Waals surface area (Å²) in [5.74, 6) is 0.987. The second-order valence-corrected chi connectivity index (χ2v) is 7.22. The molecule has 2 aliphatic rings. The predicted molar refractivity (Wildman–Crippen MR) is 106 cm³/mol. The van der Waals surface area contributed by atoms with E-state index in [1.807, 2.05) is 36.4 Å². The molecule has 3 aromatic carbocycles. The van der Waals surface area contributed by atoms with Gasteiger partial charge in [0.1, 0.15) is 5.76 Å². The van der Waals surface area contributed by atoms with Gasteiger partial charge in [-0.1, -0.05) is 84.9 Å². The lowest BCUT2D eigenvalue weighted by atomic mass is 9.75. The molecule has 3 aromatic rings. The number of ether oxygens (including phenoxy) is 1. The third kappa shape index (κ3) is 2.69. The minimum Gasteiger partial charge on any atom is -0.492 e. The topological polar surface area (TPSA) is 26.3 Å². The van der Waals surface area contributed by atoms with E-state index in [0.717, 1.165) is 17.7 Å². The van der Waals surface area contributed by atoms with Crippen LogP contribution in [0.25, 0.3) is 5.76 Å². The van der Waals surface area contributed by atoms with Gasteiger partial charge in [-0.2, -0.15) is 0 Å². The molecule has 0 fully saturated rings. The van der Waals surface area contributed by atoms with Gasteiger partial charge in [0.2, 0.25) is 0 Å². The molecular formula is C25H20O2. The SMILES string of the molecule is O=C(c1ccccc1)C1COC2=C(Cc3ccccc32)C1c1ccccc1. The minimum absolute atomic E-state index is 0.0510. The first-order valence-electron chi connectivity index (χ1n) is 9.41. The van der Waals surface area contributed by atoms with E-state index in [1.54, 1.807) is 0 Å². The average molecular weight is 352 g/mol. The number of carbonyl (C=O) groups is 1. The van der Waals surface area contributed by atoms with Gasteiger partial charge in [-0.05, 0) is 23.1 Å². The highest BCUT2D eigenvalue weighted by molar-refractivity contribution is 5.99. The van der Waals surface area contributed by atoms with Crippen molar-refractivity contribution in [2.75, 3.05) is 6.61 Å². The maximum absolute atomic E-state index is 13.3. The maximum Gasteiger partial charge on any atom is 0.170 e. The van der Waals surface area contributed by atoms with Crippen molar-refractivity contribution < 1.29 is 9.53 Å². The Morgan fingerprint density at radius 1 is 0.815 bits per heavy atom. The van der Waals surface area contributed by atoms with Crippen molar-refractivity contribution in [1.82, 2.24) is 0 Å². The smallest absolute Gasteiger partial charge is 0.170 e. The summed E-state index contributed by atoms with van der Waals surface area (Å²) < 4.78 is 6.19. The van der Waals surface area contributed by atoms with Gasteiger partial charge in [0.05, 0.1) is 12.5 Å². The molecule has 5 rings (SSSR count). The molecule has 0 spiro atoms. The van der Waals surface area contributed by atoms with Gasteiger partial charge in [-0.15, -0.1) is 0 Å². The Balaban J connectivity index is 1.61. The second kappa shape index (κ2) is 6.55. The fourth-order valence-corrected chi connectivity index (χ4v) is 4.43. The normalized spacial score (nSPS) is 20.6. The van der Waals surface area contributed by atoms with Gasteiger partial charge < -0.3 is 4.74 Å². The Bertz CT molecular complexity index is 1020. The number of Topliss-reactive ketones (excluding diaryl/α,β-unsaturated/α-hetero) is 1. The lowest BCUT2D eigenvalue weighted by Crippen LogP contribution is -2.32. The van der Waals surface area contributed by atoms with Crippen molar-refractivity contribution in [3.63, 3.8) is 0 Å². The number of hydrogen-bond donors (Lipinski definition) is 0. The molecule has 0 amide bonds. The van der Waals surface area contributed by atoms with Gasteiger partial charge in [0.25, 0.3) is 0 Å². The molecule has 2 atom stereocenters. The minimum atomic E-state index is -0.206. The zero-order valence-corrected chi connectivity index (χ0v) is 15.0. The molecular weight excluding hydrogens is 332 g/mol. The summed E-state index contributed by atoms with van der Waals surface area (Å²) in [4.78, 5) is 13.3. The van der Waals surface area contributed by atoms with Crippen molar-refractivity contribution in [2.24, 2.45) is 5.92 Å². The number of allylic oxidation sites excluding steroid dienone is 1. The number of benzene rings is 3. The Labute approximate surface area is 159 Å². The fourth-order valence-electron chi connectivity index (χ4n) is 4.43. The lowest BCUT2D eigenvalue weighted by Gasteiger charge is -2.33. The standard InChI is InChI=1S/C25H20O2/c26-24(18-11-5-2-6-12-18)22-16-27-25-20-14-8-7-13-19(20)15-21(25)23(22)17-9-3-1-4-10-17/h1-14,22-23H,15-16H2. The first kappa shape index (κ1) is 16.1. The van der Waals surface area contributed by atoms with E-state index in [1.165, 1.54) is 22.3 Å². The van der Waals surface area contributed by atoms with Crippen LogP contribution in [-0.4, -0.2) is 12.4 Å². The molecule has 132 valence electrons. The van der Waals surface area contributed by atoms with E-state index in [9.17, 15) is 4.79 Å². The largest absolute Gasteiger partial charge is 0.492 e. The quantitative estimate of drug-likeness (QED) is 0.601. The Hall–Kier alpha value is -3.13. The van der Waals surface area contributed by atoms with Crippen LogP contribution in [0.3, 0.4) is 0 Å². The summed E-state index contributed by atoms with van der Waals surface area (Å²) in [6, 6.07) is 28.4. The number of hydrogen-bond acceptors (Lipinski definition) is 2. The van der Waals surface area contributed by atoms with Crippen molar-refractivity contribution in [3.8, 4) is 0 Å². The van der Waals surface area contributed by atoms with E-state index in [-0.39, 0.29) is 17.6 Å². The molecule has 27 heavy (non-hydrogen) atoms. The molecule has 1 heterocycles. The number of rotatable bonds is 3. The van der Waals surface area contributed by atoms with Crippen LogP contribution in [-0.2, 0) is 11.2 Å². The monoisotopic (exact) mass is 352 g/mol. The average Bonchev–Trinajstić information content (AvgIpc) is 3.12. The zero-order chi connectivity index (χ0) is 18.2. The van der Waals surface area contributed by atoms with Crippen LogP contribution in [0.1, 0.15) is 33.0 Å². The highest BCUT2D eigenvalue weighted by Crippen LogP contribution is 2.48. The summed E-state index contributed by atoms with van der Waals surface area (Å²) in [5.41, 5.74) is 5.65. The van der Waals surface area contributed by atoms with Crippen molar-refractivity contribution in [1.29, 1.82) is 0 Å². The molecule has 2 unspecified atom stereocenters. The molecule has 0 saturated carbocycles. The summed E-state index contributed by atoms with van der Waals surface area (Å²) in [6.07, 6.45) is 0.851. The van der Waals surface area contributed by atoms with Crippen LogP contribution < -0.4 is 0 Å². The molecule has 0 bridgehead atoms. The second-order valence-electron chi connectivity index (χ2n) is 7.22. The van der Waals surface area contributed by atoms with Crippen LogP contribution in [0, 0.1) is 5.92 Å². The van der Waals surface area contributed by atoms with Crippen LogP contribution >= 0.6 is 0 Å². The lowest BCUT2D eigenvalue weighted by molar-refractivity contribution is 0.0814. The first-order chi connectivity index (χ1) is 13.3. The first-order valence-corrected chi connectivity index (χ1v) is 9.41. The fraction of sp³-hybridized carbons (Fsp3) is 0.160. The highest BCUT2D eigenvalue weighted by Gasteiger charge is 2.41. The molecule has 1 aliphatic carbocycles. The van der Waals surface area contributed by atoms with Gasteiger partial charge in [0.15, 0.2) is 5.78 Å². The Kier molecular flexibility index (Phi) is 3.90. The van der Waals surface area contributed by atoms with Crippen molar-refractivity contribution in [3.05, 3.63) is 113 Å². The summed E-state index contributed by atoms with van der Waals surface area (Å²) in [7, 11) is 0. The molecule has 2 nitrogen and oxygen atoms in total. The Morgan fingerprint density at radius 2 is 1.48 bits per heavy atom. The molecule has 0 aromatic heterocycles. The van der Waals surface area contributed by atoms with Gasteiger partial charge in [-0.25, -0.2) is 0 Å². The van der Waals surface area contributed by atoms with Crippen molar-refractivity contribution in [2.45, 2.75) is 12.3 Å². The number of carbonyl (C=O) groups excluding carboxylic acids is 1. The molecule has 2 heteroatoms. The van der Waals surface area contributed by atoms with Gasteiger partial charge >= 0.3 is 0 Å². The van der Waals surface area contributed by atoms with Crippen LogP contribution in [0.4, 0.5) is 0 Å². The van der Waals surface area contributed by atoms with Crippen LogP contribution in [0.5, 0.6) is 0 Å². The summed E-state index contributed by atoms with van der Waals surface area (Å²) in [5, 5.41) is 0. The number of fused-ring (bicyclic) bond motifs is 2. The van der Waals surface area contributed by atoms with E-state index < -0.39 is 0 Å². The van der Waals surface area contributed by atoms with Gasteiger partial charge in [0, 0.05) is 17.0 Å². The van der Waals surface area contributed by atoms with Crippen LogP contribution in [0.2, 0.25) is 0 Å². The number of ketones is 1. The zero-order valence-electron chi connectivity index (χ0n) is 15.0. The van der Waals surface area contributed by atoms with Crippen LogP contribution in [0.15, 0.2) is 90.5 Å². The third-order valence-corrected chi connectivity index (χ3v) is 5.67. The van der Waals surface area contributed by atoms with E-state index >= 15 is 0 Å². The molecule has 0 N–H and O–H groups in total. The van der Waals surface area contributed by atoms with E-state index in [0.29, 0.717) is 6.61 Å². The maximum atomic E-state index is 13.3. The van der Waals surface area contributed by atoms with E-state index in [2.05, 4.69) is 48.5 Å². The van der Waals surface area contributed by atoms with E-state index in [4.69, 9.17) is 4.74 Å². The van der Waals surface area contributed by atoms with Gasteiger partial charge in [-0.3, -0.25) is 4.79 Å².